The minimum Gasteiger partial charge on any atom is -0.497 e. The van der Waals surface area contributed by atoms with Crippen LogP contribution in [0.3, 0.4) is 0 Å². The summed E-state index contributed by atoms with van der Waals surface area (Å²) >= 11 is 5.88. The van der Waals surface area contributed by atoms with E-state index in [0.29, 0.717) is 22.9 Å². The van der Waals surface area contributed by atoms with Crippen LogP contribution in [0.4, 0.5) is 13.2 Å². The molecule has 1 aromatic heterocycles. The fourth-order valence-electron chi connectivity index (χ4n) is 4.18. The van der Waals surface area contributed by atoms with Gasteiger partial charge < -0.3 is 13.9 Å². The summed E-state index contributed by atoms with van der Waals surface area (Å²) in [5.41, 5.74) is 0.00178. The summed E-state index contributed by atoms with van der Waals surface area (Å²) in [6.45, 7) is 0.974. The van der Waals surface area contributed by atoms with Crippen molar-refractivity contribution in [3.8, 4) is 22.6 Å². The summed E-state index contributed by atoms with van der Waals surface area (Å²) in [5.74, 6) is -0.241. The Morgan fingerprint density at radius 1 is 1.03 bits per heavy atom. The molecule has 0 spiro atoms. The summed E-state index contributed by atoms with van der Waals surface area (Å²) in [6, 6.07) is 16.1. The zero-order valence-electron chi connectivity index (χ0n) is 18.5. The number of alkyl halides is 3. The van der Waals surface area contributed by atoms with Gasteiger partial charge in [0.25, 0.3) is 0 Å². The van der Waals surface area contributed by atoms with Crippen molar-refractivity contribution in [2.75, 3.05) is 13.8 Å². The van der Waals surface area contributed by atoms with Crippen LogP contribution in [0, 0.1) is 0 Å². The Morgan fingerprint density at radius 3 is 2.40 bits per heavy atom. The fourth-order valence-corrected chi connectivity index (χ4v) is 4.31. The Kier molecular flexibility index (Phi) is 5.94. The third-order valence-electron chi connectivity index (χ3n) is 5.86. The number of benzene rings is 3. The molecule has 35 heavy (non-hydrogen) atoms. The monoisotopic (exact) mass is 501 g/mol. The summed E-state index contributed by atoms with van der Waals surface area (Å²) in [7, 11) is 1.58. The first-order valence-electron chi connectivity index (χ1n) is 10.7. The van der Waals surface area contributed by atoms with E-state index in [0.717, 1.165) is 11.3 Å². The number of ether oxygens (including phenoxy) is 2. The van der Waals surface area contributed by atoms with Crippen molar-refractivity contribution in [3.63, 3.8) is 0 Å². The van der Waals surface area contributed by atoms with Crippen molar-refractivity contribution in [1.29, 1.82) is 0 Å². The number of fused-ring (bicyclic) bond motifs is 3. The number of methoxy groups -OCH3 is 1. The van der Waals surface area contributed by atoms with E-state index in [2.05, 4.69) is 0 Å². The molecule has 0 unspecified atom stereocenters. The molecule has 0 bridgehead atoms. The van der Waals surface area contributed by atoms with Crippen LogP contribution in [0.2, 0.25) is 5.02 Å². The second kappa shape index (κ2) is 8.94. The lowest BCUT2D eigenvalue weighted by atomic mass is 10.00. The molecule has 5 nitrogen and oxygen atoms in total. The van der Waals surface area contributed by atoms with E-state index >= 15 is 0 Å². The second-order valence-corrected chi connectivity index (χ2v) is 8.60. The Hall–Kier alpha value is -3.49. The highest BCUT2D eigenvalue weighted by molar-refractivity contribution is 6.30. The third-order valence-corrected chi connectivity index (χ3v) is 6.11. The van der Waals surface area contributed by atoms with E-state index < -0.39 is 22.9 Å². The van der Waals surface area contributed by atoms with Crippen molar-refractivity contribution in [2.45, 2.75) is 19.3 Å². The molecule has 3 aromatic carbocycles. The zero-order chi connectivity index (χ0) is 24.7. The zero-order valence-corrected chi connectivity index (χ0v) is 19.2. The molecular weight excluding hydrogens is 483 g/mol. The Bertz CT molecular complexity index is 1450. The number of rotatable bonds is 4. The minimum atomic E-state index is -4.89. The van der Waals surface area contributed by atoms with Crippen LogP contribution in [0.5, 0.6) is 11.5 Å². The van der Waals surface area contributed by atoms with Crippen LogP contribution in [-0.2, 0) is 19.3 Å². The summed E-state index contributed by atoms with van der Waals surface area (Å²) in [5, 5.41) is 0.396. The van der Waals surface area contributed by atoms with Gasteiger partial charge in [-0.2, -0.15) is 13.2 Å². The first-order valence-corrected chi connectivity index (χ1v) is 11.1. The second-order valence-electron chi connectivity index (χ2n) is 8.17. The van der Waals surface area contributed by atoms with E-state index in [9.17, 15) is 18.0 Å². The van der Waals surface area contributed by atoms with E-state index in [4.69, 9.17) is 25.5 Å². The molecule has 1 aliphatic heterocycles. The normalized spacial score (nSPS) is 14.0. The lowest BCUT2D eigenvalue weighted by Gasteiger charge is -2.29. The Morgan fingerprint density at radius 2 is 1.74 bits per heavy atom. The molecule has 4 aromatic rings. The predicted molar refractivity (Wildman–Crippen MR) is 126 cm³/mol. The molecular formula is C26H19ClF3NO4. The van der Waals surface area contributed by atoms with Gasteiger partial charge in [0, 0.05) is 18.1 Å². The van der Waals surface area contributed by atoms with Crippen LogP contribution in [-0.4, -0.2) is 18.7 Å². The molecule has 2 heterocycles. The first kappa shape index (κ1) is 23.3. The van der Waals surface area contributed by atoms with Crippen LogP contribution >= 0.6 is 11.6 Å². The molecule has 0 fully saturated rings. The number of hydrogen-bond acceptors (Lipinski definition) is 5. The van der Waals surface area contributed by atoms with Gasteiger partial charge >= 0.3 is 6.18 Å². The lowest BCUT2D eigenvalue weighted by Crippen LogP contribution is -2.32. The van der Waals surface area contributed by atoms with Gasteiger partial charge in [-0.15, -0.1) is 0 Å². The summed E-state index contributed by atoms with van der Waals surface area (Å²) in [6.07, 6.45) is -4.89. The van der Waals surface area contributed by atoms with Gasteiger partial charge in [0.15, 0.2) is 0 Å². The SMILES string of the molecule is COc1ccc(CN2COc3ccc4c(=O)c(-c5ccc(Cl)cc5)c(C(F)(F)F)oc4c3C2)cc1. The van der Waals surface area contributed by atoms with Crippen molar-refractivity contribution in [3.05, 3.63) is 92.8 Å². The maximum absolute atomic E-state index is 14.1. The van der Waals surface area contributed by atoms with Crippen molar-refractivity contribution >= 4 is 22.6 Å². The quantitative estimate of drug-likeness (QED) is 0.320. The smallest absolute Gasteiger partial charge is 0.450 e. The Balaban J connectivity index is 1.60. The van der Waals surface area contributed by atoms with Crippen LogP contribution in [0.15, 0.2) is 69.9 Å². The maximum atomic E-state index is 14.1. The van der Waals surface area contributed by atoms with Crippen LogP contribution in [0.25, 0.3) is 22.1 Å². The number of hydrogen-bond donors (Lipinski definition) is 0. The van der Waals surface area contributed by atoms with E-state index in [1.54, 1.807) is 13.2 Å². The van der Waals surface area contributed by atoms with E-state index in [1.807, 2.05) is 29.2 Å². The summed E-state index contributed by atoms with van der Waals surface area (Å²) < 4.78 is 58.6. The highest BCUT2D eigenvalue weighted by Crippen LogP contribution is 2.40. The van der Waals surface area contributed by atoms with Crippen molar-refractivity contribution in [2.24, 2.45) is 0 Å². The fraction of sp³-hybridized carbons (Fsp3) is 0.192. The average molecular weight is 502 g/mol. The largest absolute Gasteiger partial charge is 0.497 e. The third kappa shape index (κ3) is 4.47. The molecule has 0 radical (unpaired) electrons. The van der Waals surface area contributed by atoms with E-state index in [-0.39, 0.29) is 29.8 Å². The predicted octanol–water partition coefficient (Wildman–Crippen LogP) is 6.49. The molecule has 5 rings (SSSR count). The van der Waals surface area contributed by atoms with Gasteiger partial charge in [0.2, 0.25) is 11.2 Å². The van der Waals surface area contributed by atoms with Gasteiger partial charge in [0.05, 0.1) is 23.6 Å². The van der Waals surface area contributed by atoms with Crippen molar-refractivity contribution in [1.82, 2.24) is 4.90 Å². The van der Waals surface area contributed by atoms with Crippen molar-refractivity contribution < 1.29 is 27.1 Å². The molecule has 0 saturated carbocycles. The van der Waals surface area contributed by atoms with Crippen LogP contribution < -0.4 is 14.9 Å². The molecule has 0 atom stereocenters. The van der Waals surface area contributed by atoms with E-state index in [1.165, 1.54) is 30.3 Å². The number of nitrogens with zero attached hydrogens (tertiary/aromatic N) is 1. The lowest BCUT2D eigenvalue weighted by molar-refractivity contribution is -0.152. The average Bonchev–Trinajstić information content (AvgIpc) is 2.84. The summed E-state index contributed by atoms with van der Waals surface area (Å²) in [4.78, 5) is 15.2. The standard InChI is InChI=1S/C26H19ClF3NO4/c1-33-18-8-2-15(3-9-18)12-31-13-20-21(34-14-31)11-10-19-23(32)22(16-4-6-17(27)7-5-16)25(26(28,29)30)35-24(19)20/h2-11H,12-14H2,1H3. The molecule has 9 heteroatoms. The highest BCUT2D eigenvalue weighted by Gasteiger charge is 2.40. The number of halogens is 4. The Labute approximate surface area is 203 Å². The van der Waals surface area contributed by atoms with Gasteiger partial charge in [-0.25, -0.2) is 0 Å². The first-order chi connectivity index (χ1) is 16.7. The van der Waals surface area contributed by atoms with Crippen LogP contribution in [0.1, 0.15) is 16.9 Å². The highest BCUT2D eigenvalue weighted by atomic mass is 35.5. The van der Waals surface area contributed by atoms with Gasteiger partial charge in [-0.05, 0) is 47.5 Å². The molecule has 180 valence electrons. The van der Waals surface area contributed by atoms with Gasteiger partial charge in [-0.3, -0.25) is 9.69 Å². The molecule has 0 amide bonds. The van der Waals surface area contributed by atoms with Gasteiger partial charge in [-0.1, -0.05) is 35.9 Å². The molecule has 0 N–H and O–H groups in total. The molecule has 1 aliphatic rings. The molecule has 0 aliphatic carbocycles. The minimum absolute atomic E-state index is 0.0524. The van der Waals surface area contributed by atoms with Gasteiger partial charge in [0.1, 0.15) is 23.8 Å². The maximum Gasteiger partial charge on any atom is 0.450 e. The topological polar surface area (TPSA) is 51.9 Å². The molecule has 0 saturated heterocycles.